The Bertz CT molecular complexity index is 1900. The van der Waals surface area contributed by atoms with E-state index in [1.54, 1.807) is 31.3 Å². The van der Waals surface area contributed by atoms with Crippen LogP contribution in [-0.2, 0) is 11.4 Å². The molecule has 41 heavy (non-hydrogen) atoms. The highest BCUT2D eigenvalue weighted by Crippen LogP contribution is 2.50. The van der Waals surface area contributed by atoms with E-state index in [0.29, 0.717) is 17.4 Å². The topological polar surface area (TPSA) is 92.4 Å². The zero-order valence-electron chi connectivity index (χ0n) is 22.4. The number of methoxy groups -OCH3 is 2. The minimum atomic E-state index is -0.188. The van der Waals surface area contributed by atoms with E-state index in [4.69, 9.17) is 24.0 Å². The van der Waals surface area contributed by atoms with E-state index in [-0.39, 0.29) is 12.5 Å². The summed E-state index contributed by atoms with van der Waals surface area (Å²) < 4.78 is 18.8. The van der Waals surface area contributed by atoms with Gasteiger partial charge in [-0.25, -0.2) is 14.5 Å². The lowest BCUT2D eigenvalue weighted by molar-refractivity contribution is 0.126. The van der Waals surface area contributed by atoms with E-state index in [1.807, 2.05) is 48.5 Å². The average Bonchev–Trinajstić information content (AvgIpc) is 3.46. The molecule has 0 N–H and O–H groups in total. The van der Waals surface area contributed by atoms with Gasteiger partial charge in [-0.2, -0.15) is 0 Å². The fraction of sp³-hybridized carbons (Fsp3) is 0.125. The molecule has 0 saturated carbocycles. The second-order valence-electron chi connectivity index (χ2n) is 9.55. The Labute approximate surface area is 235 Å². The van der Waals surface area contributed by atoms with Crippen LogP contribution < -0.4 is 14.2 Å². The number of rotatable bonds is 7. The molecule has 1 unspecified atom stereocenters. The van der Waals surface area contributed by atoms with Crippen molar-refractivity contribution in [3.63, 3.8) is 0 Å². The first-order valence-corrected chi connectivity index (χ1v) is 13.1. The molecule has 202 valence electrons. The molecule has 0 aliphatic carbocycles. The van der Waals surface area contributed by atoms with Crippen molar-refractivity contribution in [3.8, 4) is 23.1 Å². The van der Waals surface area contributed by atoms with Gasteiger partial charge in [0.05, 0.1) is 26.0 Å². The zero-order valence-corrected chi connectivity index (χ0v) is 22.4. The SMILES string of the molecule is COc1ccc(/C=N/OCc2nc3c4c(ncn3n2)Oc2c(ccc3ccccc23)C4c2ccc(OC)cc2)cc1. The van der Waals surface area contributed by atoms with Gasteiger partial charge in [-0.1, -0.05) is 53.7 Å². The largest absolute Gasteiger partial charge is 0.497 e. The molecule has 0 radical (unpaired) electrons. The first-order chi connectivity index (χ1) is 20.2. The van der Waals surface area contributed by atoms with Crippen LogP contribution in [0.25, 0.3) is 16.4 Å². The second kappa shape index (κ2) is 10.3. The normalized spacial score (nSPS) is 14.0. The third-order valence-corrected chi connectivity index (χ3v) is 7.17. The van der Waals surface area contributed by atoms with Crippen LogP contribution >= 0.6 is 0 Å². The highest BCUT2D eigenvalue weighted by molar-refractivity contribution is 5.91. The Morgan fingerprint density at radius 2 is 1.66 bits per heavy atom. The third kappa shape index (κ3) is 4.47. The second-order valence-corrected chi connectivity index (χ2v) is 9.55. The molecule has 0 fully saturated rings. The van der Waals surface area contributed by atoms with Gasteiger partial charge in [-0.3, -0.25) is 0 Å². The molecule has 2 aromatic heterocycles. The standard InChI is InChI=1S/C32H25N5O4/c1-38-23-12-7-20(8-13-23)17-34-40-18-27-35-31-29-28(22-9-14-24(39-2)15-10-22)26-16-11-21-5-3-4-6-25(21)30(26)41-32(29)33-19-37(31)36-27/h3-17,19,28H,18H2,1-2H3/b34-17+. The molecular formula is C32H25N5O4. The number of nitrogens with zero attached hydrogens (tertiary/aromatic N) is 5. The van der Waals surface area contributed by atoms with E-state index >= 15 is 0 Å². The molecule has 0 amide bonds. The van der Waals surface area contributed by atoms with E-state index < -0.39 is 0 Å². The third-order valence-electron chi connectivity index (χ3n) is 7.17. The number of hydrogen-bond acceptors (Lipinski definition) is 8. The number of ether oxygens (including phenoxy) is 3. The van der Waals surface area contributed by atoms with Crippen molar-refractivity contribution < 1.29 is 19.0 Å². The Kier molecular flexibility index (Phi) is 6.16. The summed E-state index contributed by atoms with van der Waals surface area (Å²) in [6.45, 7) is 0.0956. The lowest BCUT2D eigenvalue weighted by Crippen LogP contribution is -2.15. The maximum absolute atomic E-state index is 6.49. The molecule has 6 aromatic rings. The Hall–Kier alpha value is -5.44. The summed E-state index contributed by atoms with van der Waals surface area (Å²) in [5.74, 6) is 3.15. The van der Waals surface area contributed by atoms with Crippen LogP contribution in [0.1, 0.15) is 34.0 Å². The molecule has 0 spiro atoms. The molecule has 9 nitrogen and oxygen atoms in total. The minimum Gasteiger partial charge on any atom is -0.497 e. The van der Waals surface area contributed by atoms with Gasteiger partial charge < -0.3 is 19.0 Å². The molecule has 0 saturated heterocycles. The van der Waals surface area contributed by atoms with Crippen LogP contribution in [0.4, 0.5) is 0 Å². The van der Waals surface area contributed by atoms with Crippen molar-refractivity contribution in [2.45, 2.75) is 12.5 Å². The summed E-state index contributed by atoms with van der Waals surface area (Å²) in [4.78, 5) is 15.0. The lowest BCUT2D eigenvalue weighted by Gasteiger charge is -2.28. The zero-order chi connectivity index (χ0) is 27.8. The van der Waals surface area contributed by atoms with Crippen molar-refractivity contribution in [2.24, 2.45) is 5.16 Å². The van der Waals surface area contributed by atoms with Crippen LogP contribution in [0.15, 0.2) is 96.4 Å². The number of oxime groups is 1. The van der Waals surface area contributed by atoms with Crippen molar-refractivity contribution in [2.75, 3.05) is 14.2 Å². The number of fused-ring (bicyclic) bond motifs is 6. The van der Waals surface area contributed by atoms with Gasteiger partial charge in [0, 0.05) is 16.9 Å². The van der Waals surface area contributed by atoms with Gasteiger partial charge in [0.2, 0.25) is 5.88 Å². The van der Waals surface area contributed by atoms with Gasteiger partial charge in [0.15, 0.2) is 18.1 Å². The molecule has 9 heteroatoms. The minimum absolute atomic E-state index is 0.0956. The van der Waals surface area contributed by atoms with E-state index in [9.17, 15) is 0 Å². The van der Waals surface area contributed by atoms with Crippen molar-refractivity contribution >= 4 is 22.6 Å². The van der Waals surface area contributed by atoms with Crippen LogP contribution in [0, 0.1) is 0 Å². The van der Waals surface area contributed by atoms with Crippen LogP contribution in [0.5, 0.6) is 23.1 Å². The molecule has 1 aliphatic heterocycles. The molecule has 0 bridgehead atoms. The molecule has 1 aliphatic rings. The van der Waals surface area contributed by atoms with Crippen LogP contribution in [0.2, 0.25) is 0 Å². The Morgan fingerprint density at radius 1 is 0.902 bits per heavy atom. The predicted molar refractivity (Wildman–Crippen MR) is 154 cm³/mol. The van der Waals surface area contributed by atoms with Gasteiger partial charge in [0.25, 0.3) is 0 Å². The molecule has 7 rings (SSSR count). The monoisotopic (exact) mass is 543 g/mol. The summed E-state index contributed by atoms with van der Waals surface area (Å²) in [6.07, 6.45) is 3.25. The van der Waals surface area contributed by atoms with Crippen molar-refractivity contribution in [1.29, 1.82) is 0 Å². The van der Waals surface area contributed by atoms with Gasteiger partial charge in [-0.05, 0) is 52.9 Å². The molecule has 1 atom stereocenters. The number of benzene rings is 4. The van der Waals surface area contributed by atoms with Gasteiger partial charge >= 0.3 is 0 Å². The highest BCUT2D eigenvalue weighted by Gasteiger charge is 2.34. The van der Waals surface area contributed by atoms with Crippen LogP contribution in [-0.4, -0.2) is 40.0 Å². The van der Waals surface area contributed by atoms with E-state index in [2.05, 4.69) is 51.6 Å². The van der Waals surface area contributed by atoms with E-state index in [1.165, 1.54) is 0 Å². The molecule has 4 aromatic carbocycles. The highest BCUT2D eigenvalue weighted by atomic mass is 16.6. The summed E-state index contributed by atoms with van der Waals surface area (Å²) in [6, 6.07) is 28.0. The van der Waals surface area contributed by atoms with Gasteiger partial charge in [0.1, 0.15) is 23.6 Å². The maximum Gasteiger partial charge on any atom is 0.228 e. The van der Waals surface area contributed by atoms with Crippen molar-refractivity contribution in [3.05, 3.63) is 119 Å². The maximum atomic E-state index is 6.49. The average molecular weight is 544 g/mol. The number of aromatic nitrogens is 4. The first kappa shape index (κ1) is 24.6. The van der Waals surface area contributed by atoms with E-state index in [0.717, 1.165) is 50.3 Å². The Morgan fingerprint density at radius 3 is 2.44 bits per heavy atom. The molecule has 3 heterocycles. The fourth-order valence-electron chi connectivity index (χ4n) is 5.18. The van der Waals surface area contributed by atoms with Gasteiger partial charge in [-0.15, -0.1) is 5.10 Å². The summed E-state index contributed by atoms with van der Waals surface area (Å²) in [5, 5.41) is 10.8. The van der Waals surface area contributed by atoms with Crippen molar-refractivity contribution in [1.82, 2.24) is 19.6 Å². The number of hydrogen-bond donors (Lipinski definition) is 0. The Balaban J connectivity index is 1.26. The summed E-state index contributed by atoms with van der Waals surface area (Å²) >= 11 is 0. The predicted octanol–water partition coefficient (Wildman–Crippen LogP) is 6.13. The summed E-state index contributed by atoms with van der Waals surface area (Å²) in [7, 11) is 3.29. The first-order valence-electron chi connectivity index (χ1n) is 13.1. The molecular weight excluding hydrogens is 518 g/mol. The summed E-state index contributed by atoms with van der Waals surface area (Å²) in [5.41, 5.74) is 4.46. The quantitative estimate of drug-likeness (QED) is 0.176. The lowest BCUT2D eigenvalue weighted by atomic mass is 9.83. The van der Waals surface area contributed by atoms with Crippen LogP contribution in [0.3, 0.4) is 0 Å². The smallest absolute Gasteiger partial charge is 0.228 e. The fourth-order valence-corrected chi connectivity index (χ4v) is 5.18.